The molecule has 0 bridgehead atoms. The topological polar surface area (TPSA) is 80.3 Å². The van der Waals surface area contributed by atoms with Crippen LogP contribution in [0.3, 0.4) is 0 Å². The lowest BCUT2D eigenvalue weighted by Gasteiger charge is -2.16. The van der Waals surface area contributed by atoms with E-state index in [4.69, 9.17) is 23.2 Å². The highest BCUT2D eigenvalue weighted by Crippen LogP contribution is 2.53. The Kier molecular flexibility index (Phi) is 3.74. The van der Waals surface area contributed by atoms with E-state index >= 15 is 0 Å². The zero-order valence-corrected chi connectivity index (χ0v) is 13.8. The van der Waals surface area contributed by atoms with E-state index in [0.717, 1.165) is 18.4 Å². The van der Waals surface area contributed by atoms with Crippen molar-refractivity contribution < 1.29 is 18.0 Å². The molecule has 0 saturated heterocycles. The van der Waals surface area contributed by atoms with Gasteiger partial charge in [0.15, 0.2) is 5.78 Å². The van der Waals surface area contributed by atoms with Gasteiger partial charge >= 0.3 is 0 Å². The Labute approximate surface area is 138 Å². The first-order valence-corrected chi connectivity index (χ1v) is 9.05. The van der Waals surface area contributed by atoms with Crippen molar-refractivity contribution in [3.63, 3.8) is 0 Å². The summed E-state index contributed by atoms with van der Waals surface area (Å²) < 4.78 is 25.3. The second kappa shape index (κ2) is 5.22. The van der Waals surface area contributed by atoms with Gasteiger partial charge in [-0.3, -0.25) is 9.59 Å². The van der Waals surface area contributed by atoms with Gasteiger partial charge in [-0.25, -0.2) is 13.1 Å². The van der Waals surface area contributed by atoms with Crippen molar-refractivity contribution in [2.24, 2.45) is 5.92 Å². The fourth-order valence-electron chi connectivity index (χ4n) is 2.53. The Balaban J connectivity index is 1.85. The number of halogens is 2. The molecule has 1 atom stereocenters. The van der Waals surface area contributed by atoms with E-state index in [0.29, 0.717) is 12.0 Å². The number of sulfonamides is 1. The zero-order chi connectivity index (χ0) is 16.1. The monoisotopic (exact) mass is 361 g/mol. The number of carbonyl (C=O) groups excluding carboxylic acids is 2. The van der Waals surface area contributed by atoms with Crippen LogP contribution in [0.4, 0.5) is 0 Å². The van der Waals surface area contributed by atoms with Crippen LogP contribution < -0.4 is 4.72 Å². The van der Waals surface area contributed by atoms with Crippen LogP contribution in [0.2, 0.25) is 0 Å². The molecule has 1 saturated carbocycles. The summed E-state index contributed by atoms with van der Waals surface area (Å²) in [5.41, 5.74) is 1.25. The molecule has 0 spiro atoms. The number of aryl methyl sites for hydroxylation is 1. The van der Waals surface area contributed by atoms with Gasteiger partial charge in [0.2, 0.25) is 5.91 Å². The summed E-state index contributed by atoms with van der Waals surface area (Å²) >= 11 is 11.5. The number of rotatable bonds is 3. The highest BCUT2D eigenvalue weighted by molar-refractivity contribution is 7.90. The minimum absolute atomic E-state index is 0.0765. The first-order valence-electron chi connectivity index (χ1n) is 6.81. The number of ketones is 1. The van der Waals surface area contributed by atoms with Gasteiger partial charge in [-0.2, -0.15) is 0 Å². The van der Waals surface area contributed by atoms with Crippen LogP contribution in [-0.2, 0) is 21.2 Å². The van der Waals surface area contributed by atoms with Crippen molar-refractivity contribution in [2.75, 3.05) is 0 Å². The predicted octanol–water partition coefficient (Wildman–Crippen LogP) is 2.20. The second-order valence-electron chi connectivity index (χ2n) is 5.58. The molecule has 1 aromatic rings. The predicted molar refractivity (Wildman–Crippen MR) is 81.6 cm³/mol. The number of nitrogens with one attached hydrogen (secondary N) is 1. The summed E-state index contributed by atoms with van der Waals surface area (Å²) in [4.78, 5) is 23.6. The van der Waals surface area contributed by atoms with Crippen LogP contribution in [0.5, 0.6) is 0 Å². The number of amides is 1. The lowest BCUT2D eigenvalue weighted by molar-refractivity contribution is -0.120. The average molecular weight is 362 g/mol. The number of hydrogen-bond acceptors (Lipinski definition) is 4. The minimum atomic E-state index is -4.04. The summed E-state index contributed by atoms with van der Waals surface area (Å²) in [6.45, 7) is 0. The molecule has 1 amide bonds. The Morgan fingerprint density at radius 3 is 2.59 bits per heavy atom. The van der Waals surface area contributed by atoms with Gasteiger partial charge in [-0.1, -0.05) is 6.07 Å². The van der Waals surface area contributed by atoms with Crippen molar-refractivity contribution in [3.8, 4) is 0 Å². The van der Waals surface area contributed by atoms with Crippen LogP contribution >= 0.6 is 23.2 Å². The molecule has 1 fully saturated rings. The van der Waals surface area contributed by atoms with Gasteiger partial charge in [0.05, 0.1) is 10.8 Å². The third-order valence-electron chi connectivity index (χ3n) is 3.92. The van der Waals surface area contributed by atoms with Crippen molar-refractivity contribution >= 4 is 44.9 Å². The molecule has 3 rings (SSSR count). The summed E-state index contributed by atoms with van der Waals surface area (Å²) in [5.74, 6) is -1.54. The van der Waals surface area contributed by atoms with E-state index in [1.54, 1.807) is 6.07 Å². The van der Waals surface area contributed by atoms with Gasteiger partial charge in [0.25, 0.3) is 10.0 Å². The molecule has 2 aliphatic carbocycles. The van der Waals surface area contributed by atoms with Crippen LogP contribution in [0.25, 0.3) is 0 Å². The maximum atomic E-state index is 12.2. The fourth-order valence-corrected chi connectivity index (χ4v) is 4.09. The first-order chi connectivity index (χ1) is 10.2. The Bertz CT molecular complexity index is 773. The third kappa shape index (κ3) is 2.87. The number of alkyl halides is 2. The largest absolute Gasteiger partial charge is 0.294 e. The number of carbonyl (C=O) groups is 2. The lowest BCUT2D eigenvalue weighted by atomic mass is 9.91. The zero-order valence-electron chi connectivity index (χ0n) is 11.4. The molecule has 1 N–H and O–H groups in total. The van der Waals surface area contributed by atoms with E-state index in [-0.39, 0.29) is 17.1 Å². The fraction of sp³-hybridized carbons (Fsp3) is 0.429. The molecular formula is C14H13Cl2NO4S. The van der Waals surface area contributed by atoms with E-state index in [9.17, 15) is 18.0 Å². The van der Waals surface area contributed by atoms with E-state index in [1.807, 2.05) is 4.72 Å². The minimum Gasteiger partial charge on any atom is -0.294 e. The molecule has 1 unspecified atom stereocenters. The maximum Gasteiger partial charge on any atom is 0.264 e. The summed E-state index contributed by atoms with van der Waals surface area (Å²) in [6, 6.07) is 4.35. The number of Topliss-reactive ketones (excluding diaryl/α,β-unsaturated/α-hetero) is 1. The van der Waals surface area contributed by atoms with Gasteiger partial charge < -0.3 is 0 Å². The van der Waals surface area contributed by atoms with E-state index < -0.39 is 26.2 Å². The smallest absolute Gasteiger partial charge is 0.264 e. The van der Waals surface area contributed by atoms with E-state index in [2.05, 4.69) is 0 Å². The van der Waals surface area contributed by atoms with Crippen LogP contribution in [-0.4, -0.2) is 24.4 Å². The highest BCUT2D eigenvalue weighted by Gasteiger charge is 2.57. The van der Waals surface area contributed by atoms with Gasteiger partial charge in [0.1, 0.15) is 4.33 Å². The normalized spacial score (nSPS) is 22.8. The summed E-state index contributed by atoms with van der Waals surface area (Å²) in [6.07, 6.45) is 2.15. The molecule has 118 valence electrons. The molecule has 0 heterocycles. The van der Waals surface area contributed by atoms with Crippen molar-refractivity contribution in [2.45, 2.75) is 34.9 Å². The summed E-state index contributed by atoms with van der Waals surface area (Å²) in [7, 11) is -4.04. The highest BCUT2D eigenvalue weighted by atomic mass is 35.5. The molecule has 0 aliphatic heterocycles. The van der Waals surface area contributed by atoms with Gasteiger partial charge in [0, 0.05) is 12.0 Å². The Morgan fingerprint density at radius 2 is 1.95 bits per heavy atom. The lowest BCUT2D eigenvalue weighted by Crippen LogP contribution is -2.33. The standard InChI is InChI=1S/C14H13Cl2NO4S/c15-14(16)7-11(14)13(19)17-22(20,21)9-5-4-8-2-1-3-12(18)10(8)6-9/h4-6,11H,1-3,7H2,(H,17,19). The molecule has 1 aromatic carbocycles. The van der Waals surface area contributed by atoms with Crippen LogP contribution in [0, 0.1) is 5.92 Å². The Morgan fingerprint density at radius 1 is 1.27 bits per heavy atom. The van der Waals surface area contributed by atoms with Crippen molar-refractivity contribution in [1.29, 1.82) is 0 Å². The number of fused-ring (bicyclic) bond motifs is 1. The quantitative estimate of drug-likeness (QED) is 0.836. The summed E-state index contributed by atoms with van der Waals surface area (Å²) in [5, 5.41) is 0. The van der Waals surface area contributed by atoms with Crippen molar-refractivity contribution in [3.05, 3.63) is 29.3 Å². The van der Waals surface area contributed by atoms with E-state index in [1.165, 1.54) is 12.1 Å². The maximum absolute atomic E-state index is 12.2. The molecule has 0 aromatic heterocycles. The molecule has 0 radical (unpaired) electrons. The SMILES string of the molecule is O=C1CCCc2ccc(S(=O)(=O)NC(=O)C3CC3(Cl)Cl)cc21. The van der Waals surface area contributed by atoms with Gasteiger partial charge in [-0.05, 0) is 37.0 Å². The average Bonchev–Trinajstić information content (AvgIpc) is 3.08. The number of benzene rings is 1. The first kappa shape index (κ1) is 15.8. The molecular weight excluding hydrogens is 349 g/mol. The number of hydrogen-bond donors (Lipinski definition) is 1. The molecule has 8 heteroatoms. The molecule has 2 aliphatic rings. The second-order valence-corrected chi connectivity index (χ2v) is 8.81. The molecule has 22 heavy (non-hydrogen) atoms. The van der Waals surface area contributed by atoms with Gasteiger partial charge in [-0.15, -0.1) is 23.2 Å². The van der Waals surface area contributed by atoms with Crippen LogP contribution in [0.15, 0.2) is 23.1 Å². The molecule has 5 nitrogen and oxygen atoms in total. The third-order valence-corrected chi connectivity index (χ3v) is 6.10. The van der Waals surface area contributed by atoms with Crippen LogP contribution in [0.1, 0.15) is 35.2 Å². The van der Waals surface area contributed by atoms with Crippen molar-refractivity contribution in [1.82, 2.24) is 4.72 Å². The Hall–Kier alpha value is -1.11.